The van der Waals surface area contributed by atoms with Gasteiger partial charge >= 0.3 is 0 Å². The van der Waals surface area contributed by atoms with E-state index in [9.17, 15) is 9.59 Å². The van der Waals surface area contributed by atoms with Gasteiger partial charge in [-0.1, -0.05) is 35.3 Å². The minimum absolute atomic E-state index is 0.286. The second-order valence-electron chi connectivity index (χ2n) is 9.61. The summed E-state index contributed by atoms with van der Waals surface area (Å²) < 4.78 is 3.21. The number of carbonyl (C=O) groups excluding carboxylic acids is 2. The van der Waals surface area contributed by atoms with Crippen LogP contribution in [0.15, 0.2) is 89.8 Å². The molecule has 218 valence electrons. The van der Waals surface area contributed by atoms with Crippen LogP contribution in [0.4, 0.5) is 17.1 Å². The van der Waals surface area contributed by atoms with E-state index in [0.29, 0.717) is 33.3 Å². The minimum Gasteiger partial charge on any atom is -0.378 e. The lowest BCUT2D eigenvalue weighted by atomic mass is 10.1. The third kappa shape index (κ3) is 7.30. The predicted octanol–water partition coefficient (Wildman–Crippen LogP) is 7.49. The monoisotopic (exact) mass is 632 g/mol. The number of aromatic amines is 1. The maximum atomic E-state index is 13.1. The molecule has 1 heterocycles. The van der Waals surface area contributed by atoms with Crippen molar-refractivity contribution in [2.75, 3.05) is 29.0 Å². The van der Waals surface area contributed by atoms with Crippen LogP contribution in [-0.2, 0) is 4.79 Å². The highest BCUT2D eigenvalue weighted by molar-refractivity contribution is 8.00. The first-order valence-corrected chi connectivity index (χ1v) is 14.5. The van der Waals surface area contributed by atoms with Crippen LogP contribution in [0.2, 0.25) is 10.0 Å². The van der Waals surface area contributed by atoms with Crippen molar-refractivity contribution in [1.82, 2.24) is 15.4 Å². The van der Waals surface area contributed by atoms with Gasteiger partial charge in [-0.25, -0.2) is 10.5 Å². The molecule has 9 nitrogen and oxygen atoms in total. The van der Waals surface area contributed by atoms with Crippen molar-refractivity contribution in [1.29, 1.82) is 0 Å². The summed E-state index contributed by atoms with van der Waals surface area (Å²) in [7, 11) is 3.94. The molecule has 1 aromatic heterocycles. The average Bonchev–Trinajstić information content (AvgIpc) is 3.43. The lowest BCUT2D eigenvalue weighted by Crippen LogP contribution is -2.14. The molecular weight excluding hydrogens is 607 g/mol. The van der Waals surface area contributed by atoms with Crippen molar-refractivity contribution in [2.24, 2.45) is 0 Å². The van der Waals surface area contributed by atoms with E-state index < -0.39 is 5.91 Å². The Morgan fingerprint density at radius 3 is 2.42 bits per heavy atom. The zero-order chi connectivity index (χ0) is 30.5. The largest absolute Gasteiger partial charge is 0.378 e. The molecule has 0 aliphatic rings. The van der Waals surface area contributed by atoms with Crippen molar-refractivity contribution in [3.8, 4) is 11.4 Å². The van der Waals surface area contributed by atoms with Crippen LogP contribution in [0.1, 0.15) is 15.9 Å². The summed E-state index contributed by atoms with van der Waals surface area (Å²) in [6, 6.07) is 23.7. The molecule has 4 aromatic carbocycles. The van der Waals surface area contributed by atoms with Crippen molar-refractivity contribution in [3.05, 3.63) is 106 Å². The fourth-order valence-electron chi connectivity index (χ4n) is 4.12. The van der Waals surface area contributed by atoms with E-state index in [1.165, 1.54) is 18.0 Å². The topological polar surface area (TPSA) is 122 Å². The van der Waals surface area contributed by atoms with Crippen LogP contribution >= 0.6 is 35.1 Å². The molecule has 0 aliphatic carbocycles. The summed E-state index contributed by atoms with van der Waals surface area (Å²) in [5.74, 6) is -0.372. The molecular formula is C31H26Cl2N6O3S. The lowest BCUT2D eigenvalue weighted by Gasteiger charge is -2.11. The molecule has 5 N–H and O–H groups in total. The number of H-pyrrole nitrogens is 1. The number of aromatic nitrogens is 2. The molecule has 43 heavy (non-hydrogen) atoms. The van der Waals surface area contributed by atoms with E-state index in [2.05, 4.69) is 15.0 Å². The van der Waals surface area contributed by atoms with Gasteiger partial charge < -0.3 is 19.9 Å². The molecule has 5 rings (SSSR count). The number of hydroxylamine groups is 1. The van der Waals surface area contributed by atoms with Crippen LogP contribution in [0.5, 0.6) is 0 Å². The molecule has 0 atom stereocenters. The Kier molecular flexibility index (Phi) is 9.22. The number of nitrogens with one attached hydrogen (secondary N) is 4. The van der Waals surface area contributed by atoms with Gasteiger partial charge in [0, 0.05) is 47.7 Å². The van der Waals surface area contributed by atoms with Crippen LogP contribution < -0.4 is 20.4 Å². The first-order valence-electron chi connectivity index (χ1n) is 12.9. The van der Waals surface area contributed by atoms with E-state index >= 15 is 0 Å². The number of amides is 2. The fraction of sp³-hybridized carbons (Fsp3) is 0.0645. The Bertz CT molecular complexity index is 1840. The van der Waals surface area contributed by atoms with Crippen LogP contribution in [-0.4, -0.2) is 41.1 Å². The number of fused-ring (bicyclic) bond motifs is 1. The fourth-order valence-corrected chi connectivity index (χ4v) is 5.23. The molecule has 0 radical (unpaired) electrons. The summed E-state index contributed by atoms with van der Waals surface area (Å²) in [5.41, 5.74) is 7.30. The summed E-state index contributed by atoms with van der Waals surface area (Å²) in [6.45, 7) is 0. The SMILES string of the molecule is CN(C)c1ccc2[nH]c(-c3cc(NC(=O)c4ccc(NSc5ccc(/C=C/C(=O)NO)cc5)cc4Cl)ccc3Cl)nc2c1. The number of hydrogen-bond donors (Lipinski definition) is 5. The second-order valence-corrected chi connectivity index (χ2v) is 11.3. The highest BCUT2D eigenvalue weighted by atomic mass is 35.5. The van der Waals surface area contributed by atoms with Gasteiger partial charge in [-0.05, 0) is 90.3 Å². The zero-order valence-electron chi connectivity index (χ0n) is 23.0. The normalized spacial score (nSPS) is 11.1. The summed E-state index contributed by atoms with van der Waals surface area (Å²) in [5, 5.41) is 12.2. The van der Waals surface area contributed by atoms with Gasteiger partial charge in [-0.15, -0.1) is 0 Å². The van der Waals surface area contributed by atoms with Crippen LogP contribution in [0.25, 0.3) is 28.5 Å². The molecule has 2 amide bonds. The number of hydrogen-bond acceptors (Lipinski definition) is 7. The number of imidazole rings is 1. The summed E-state index contributed by atoms with van der Waals surface area (Å²) in [4.78, 5) is 35.2. The first kappa shape index (κ1) is 30.0. The Labute approximate surface area is 262 Å². The second kappa shape index (κ2) is 13.2. The van der Waals surface area contributed by atoms with Gasteiger partial charge in [0.15, 0.2) is 0 Å². The predicted molar refractivity (Wildman–Crippen MR) is 175 cm³/mol. The third-order valence-electron chi connectivity index (χ3n) is 6.38. The molecule has 0 saturated heterocycles. The highest BCUT2D eigenvalue weighted by Gasteiger charge is 2.15. The minimum atomic E-state index is -0.603. The maximum Gasteiger partial charge on any atom is 0.267 e. The van der Waals surface area contributed by atoms with E-state index in [1.54, 1.807) is 48.0 Å². The molecule has 0 unspecified atom stereocenters. The number of halogens is 2. The van der Waals surface area contributed by atoms with Crippen molar-refractivity contribution < 1.29 is 14.8 Å². The first-order chi connectivity index (χ1) is 20.7. The molecule has 12 heteroatoms. The number of benzene rings is 4. The van der Waals surface area contributed by atoms with Crippen molar-refractivity contribution in [2.45, 2.75) is 4.90 Å². The van der Waals surface area contributed by atoms with E-state index in [1.807, 2.05) is 61.5 Å². The highest BCUT2D eigenvalue weighted by Crippen LogP contribution is 2.32. The van der Waals surface area contributed by atoms with Gasteiger partial charge in [0.2, 0.25) is 0 Å². The standard InChI is InChI=1S/C31H26Cl2N6O3S/c1-39(2)21-8-13-27-28(17-21)36-30(35-27)24-15-19(7-12-25(24)32)34-31(41)23-11-6-20(16-26(23)33)38-43-22-9-3-18(4-10-22)5-14-29(40)37-42/h3-17,38,42H,1-2H3,(H,34,41)(H,35,36)(H,37,40)/b14-5+. The third-order valence-corrected chi connectivity index (χ3v) is 7.87. The zero-order valence-corrected chi connectivity index (χ0v) is 25.3. The Morgan fingerprint density at radius 2 is 1.70 bits per heavy atom. The van der Waals surface area contributed by atoms with E-state index in [4.69, 9.17) is 33.4 Å². The average molecular weight is 634 g/mol. The molecule has 0 aliphatic heterocycles. The summed E-state index contributed by atoms with van der Waals surface area (Å²) >= 11 is 14.4. The van der Waals surface area contributed by atoms with Gasteiger partial charge in [0.05, 0.1) is 26.6 Å². The van der Waals surface area contributed by atoms with E-state index in [0.717, 1.165) is 27.2 Å². The van der Waals surface area contributed by atoms with Gasteiger partial charge in [0.25, 0.3) is 11.8 Å². The molecule has 0 saturated carbocycles. The molecule has 0 fully saturated rings. The maximum absolute atomic E-state index is 13.1. The van der Waals surface area contributed by atoms with Gasteiger partial charge in [-0.2, -0.15) is 0 Å². The van der Waals surface area contributed by atoms with Gasteiger partial charge in [0.1, 0.15) is 5.82 Å². The molecule has 0 spiro atoms. The summed E-state index contributed by atoms with van der Waals surface area (Å²) in [6.07, 6.45) is 2.81. The molecule has 5 aromatic rings. The number of carbonyl (C=O) groups is 2. The van der Waals surface area contributed by atoms with Crippen molar-refractivity contribution in [3.63, 3.8) is 0 Å². The number of anilines is 3. The van der Waals surface area contributed by atoms with Gasteiger partial charge in [-0.3, -0.25) is 14.8 Å². The molecule has 0 bridgehead atoms. The number of rotatable bonds is 9. The Morgan fingerprint density at radius 1 is 0.930 bits per heavy atom. The smallest absolute Gasteiger partial charge is 0.267 e. The lowest BCUT2D eigenvalue weighted by molar-refractivity contribution is -0.124. The number of nitrogens with zero attached hydrogens (tertiary/aromatic N) is 2. The Balaban J connectivity index is 1.25. The van der Waals surface area contributed by atoms with Crippen LogP contribution in [0, 0.1) is 0 Å². The van der Waals surface area contributed by atoms with Crippen molar-refractivity contribution >= 4 is 81.1 Å². The van der Waals surface area contributed by atoms with E-state index in [-0.39, 0.29) is 10.9 Å². The Hall–Kier alpha value is -4.48. The van der Waals surface area contributed by atoms with Crippen LogP contribution in [0.3, 0.4) is 0 Å². The quantitative estimate of drug-likeness (QED) is 0.0493.